The predicted molar refractivity (Wildman–Crippen MR) is 87.6 cm³/mol. The zero-order valence-corrected chi connectivity index (χ0v) is 13.5. The van der Waals surface area contributed by atoms with Gasteiger partial charge in [0.1, 0.15) is 0 Å². The van der Waals surface area contributed by atoms with Crippen LogP contribution in [-0.4, -0.2) is 18.6 Å². The van der Waals surface area contributed by atoms with E-state index in [0.29, 0.717) is 10.6 Å². The summed E-state index contributed by atoms with van der Waals surface area (Å²) >= 11 is 0. The predicted octanol–water partition coefficient (Wildman–Crippen LogP) is 3.29. The first-order chi connectivity index (χ1) is 10.4. The van der Waals surface area contributed by atoms with E-state index in [-0.39, 0.29) is 0 Å². The molecule has 0 saturated heterocycles. The van der Waals surface area contributed by atoms with Crippen LogP contribution in [0.3, 0.4) is 0 Å². The highest BCUT2D eigenvalue weighted by atomic mass is 32.2. The molecule has 0 unspecified atom stereocenters. The lowest BCUT2D eigenvalue weighted by molar-refractivity contribution is 0.600. The van der Waals surface area contributed by atoms with Crippen LogP contribution in [0.5, 0.6) is 0 Å². The molecule has 22 heavy (non-hydrogen) atoms. The normalized spacial score (nSPS) is 11.8. The van der Waals surface area contributed by atoms with Gasteiger partial charge in [-0.1, -0.05) is 6.07 Å². The van der Waals surface area contributed by atoms with E-state index in [4.69, 9.17) is 0 Å². The first kappa shape index (κ1) is 14.6. The van der Waals surface area contributed by atoms with Gasteiger partial charge in [-0.05, 0) is 61.7 Å². The van der Waals surface area contributed by atoms with Gasteiger partial charge in [-0.2, -0.15) is 5.10 Å². The van der Waals surface area contributed by atoms with Crippen LogP contribution in [0.25, 0.3) is 10.9 Å². The second kappa shape index (κ2) is 5.14. The maximum absolute atomic E-state index is 12.6. The second-order valence-corrected chi connectivity index (χ2v) is 7.13. The number of aryl methyl sites for hydroxylation is 3. The molecule has 0 aliphatic carbocycles. The SMILES string of the molecule is Cc1cc(C)c(S(=O)(=O)Nc2ccc3[nH]ncc3c2)cc1C. The second-order valence-electron chi connectivity index (χ2n) is 5.48. The number of H-pyrrole nitrogens is 1. The van der Waals surface area contributed by atoms with Crippen LogP contribution >= 0.6 is 0 Å². The zero-order chi connectivity index (χ0) is 15.9. The summed E-state index contributed by atoms with van der Waals surface area (Å²) in [5.41, 5.74) is 4.16. The number of benzene rings is 2. The van der Waals surface area contributed by atoms with Gasteiger partial charge < -0.3 is 0 Å². The van der Waals surface area contributed by atoms with Crippen LogP contribution < -0.4 is 4.72 Å². The van der Waals surface area contributed by atoms with E-state index in [0.717, 1.165) is 27.6 Å². The van der Waals surface area contributed by atoms with Crippen LogP contribution in [0.2, 0.25) is 0 Å². The Kier molecular flexibility index (Phi) is 3.41. The molecule has 0 fully saturated rings. The largest absolute Gasteiger partial charge is 0.280 e. The molecule has 3 rings (SSSR count). The van der Waals surface area contributed by atoms with E-state index in [1.165, 1.54) is 0 Å². The van der Waals surface area contributed by atoms with Gasteiger partial charge in [-0.25, -0.2) is 8.42 Å². The number of nitrogens with zero attached hydrogens (tertiary/aromatic N) is 1. The van der Waals surface area contributed by atoms with Gasteiger partial charge in [-0.3, -0.25) is 9.82 Å². The molecule has 0 bridgehead atoms. The number of hydrogen-bond acceptors (Lipinski definition) is 3. The van der Waals surface area contributed by atoms with Gasteiger partial charge in [0, 0.05) is 11.1 Å². The van der Waals surface area contributed by atoms with Gasteiger partial charge >= 0.3 is 0 Å². The van der Waals surface area contributed by atoms with E-state index < -0.39 is 10.0 Å². The third-order valence-electron chi connectivity index (χ3n) is 3.77. The Morgan fingerprint density at radius 2 is 1.73 bits per heavy atom. The fourth-order valence-electron chi connectivity index (χ4n) is 2.44. The Labute approximate surface area is 129 Å². The van der Waals surface area contributed by atoms with Gasteiger partial charge in [0.2, 0.25) is 0 Å². The third-order valence-corrected chi connectivity index (χ3v) is 5.30. The minimum absolute atomic E-state index is 0.308. The number of aromatic nitrogens is 2. The molecule has 6 heteroatoms. The molecule has 114 valence electrons. The van der Waals surface area contributed by atoms with Crippen molar-refractivity contribution in [1.82, 2.24) is 10.2 Å². The molecule has 3 aromatic rings. The van der Waals surface area contributed by atoms with Crippen molar-refractivity contribution in [3.8, 4) is 0 Å². The Bertz CT molecular complexity index is 959. The van der Waals surface area contributed by atoms with Crippen LogP contribution in [0, 0.1) is 20.8 Å². The molecular weight excluding hydrogens is 298 g/mol. The van der Waals surface area contributed by atoms with Crippen molar-refractivity contribution in [2.45, 2.75) is 25.7 Å². The standard InChI is InChI=1S/C16H17N3O2S/c1-10-6-12(3)16(7-11(10)2)22(20,21)19-14-4-5-15-13(8-14)9-17-18-15/h4-9,19H,1-3H3,(H,17,18). The number of aromatic amines is 1. The summed E-state index contributed by atoms with van der Waals surface area (Å²) in [6.45, 7) is 5.69. The number of rotatable bonds is 3. The fraction of sp³-hybridized carbons (Fsp3) is 0.188. The van der Waals surface area contributed by atoms with E-state index in [1.807, 2.05) is 19.9 Å². The summed E-state index contributed by atoms with van der Waals surface area (Å²) in [5, 5.41) is 7.63. The minimum atomic E-state index is -3.62. The summed E-state index contributed by atoms with van der Waals surface area (Å²) < 4.78 is 27.9. The Hall–Kier alpha value is -2.34. The fourth-order valence-corrected chi connectivity index (χ4v) is 3.80. The lowest BCUT2D eigenvalue weighted by atomic mass is 10.1. The molecule has 0 amide bonds. The molecule has 0 saturated carbocycles. The quantitative estimate of drug-likeness (QED) is 0.779. The minimum Gasteiger partial charge on any atom is -0.280 e. The lowest BCUT2D eigenvalue weighted by Crippen LogP contribution is -2.14. The molecule has 5 nitrogen and oxygen atoms in total. The van der Waals surface area contributed by atoms with Crippen LogP contribution in [0.1, 0.15) is 16.7 Å². The van der Waals surface area contributed by atoms with Crippen LogP contribution in [-0.2, 0) is 10.0 Å². The summed E-state index contributed by atoms with van der Waals surface area (Å²) in [4.78, 5) is 0.308. The highest BCUT2D eigenvalue weighted by molar-refractivity contribution is 7.92. The molecule has 2 aromatic carbocycles. The molecule has 0 radical (unpaired) electrons. The van der Waals surface area contributed by atoms with Crippen molar-refractivity contribution in [3.05, 3.63) is 53.2 Å². The van der Waals surface area contributed by atoms with Crippen molar-refractivity contribution in [3.63, 3.8) is 0 Å². The van der Waals surface area contributed by atoms with Crippen molar-refractivity contribution < 1.29 is 8.42 Å². The molecule has 2 N–H and O–H groups in total. The number of hydrogen-bond donors (Lipinski definition) is 2. The van der Waals surface area contributed by atoms with Gasteiger partial charge in [-0.15, -0.1) is 0 Å². The van der Waals surface area contributed by atoms with Gasteiger partial charge in [0.15, 0.2) is 0 Å². The number of anilines is 1. The number of nitrogens with one attached hydrogen (secondary N) is 2. The monoisotopic (exact) mass is 315 g/mol. The summed E-state index contributed by atoms with van der Waals surface area (Å²) in [6.07, 6.45) is 1.66. The van der Waals surface area contributed by atoms with Crippen LogP contribution in [0.4, 0.5) is 5.69 Å². The van der Waals surface area contributed by atoms with E-state index >= 15 is 0 Å². The zero-order valence-electron chi connectivity index (χ0n) is 12.6. The highest BCUT2D eigenvalue weighted by Crippen LogP contribution is 2.24. The number of sulfonamides is 1. The molecule has 1 aromatic heterocycles. The first-order valence-corrected chi connectivity index (χ1v) is 8.39. The lowest BCUT2D eigenvalue weighted by Gasteiger charge is -2.12. The van der Waals surface area contributed by atoms with Crippen molar-refractivity contribution in [2.24, 2.45) is 0 Å². The first-order valence-electron chi connectivity index (χ1n) is 6.90. The summed E-state index contributed by atoms with van der Waals surface area (Å²) in [6, 6.07) is 8.88. The molecule has 0 aliphatic heterocycles. The molecule has 1 heterocycles. The van der Waals surface area contributed by atoms with Crippen molar-refractivity contribution >= 4 is 26.6 Å². The average molecular weight is 315 g/mol. The maximum Gasteiger partial charge on any atom is 0.262 e. The van der Waals surface area contributed by atoms with Gasteiger partial charge in [0.05, 0.1) is 16.6 Å². The molecule has 0 atom stereocenters. The Morgan fingerprint density at radius 3 is 2.50 bits per heavy atom. The van der Waals surface area contributed by atoms with E-state index in [1.54, 1.807) is 37.4 Å². The smallest absolute Gasteiger partial charge is 0.262 e. The Balaban J connectivity index is 2.01. The third kappa shape index (κ3) is 2.57. The number of fused-ring (bicyclic) bond motifs is 1. The molecule has 0 aliphatic rings. The average Bonchev–Trinajstić information content (AvgIpc) is 2.89. The Morgan fingerprint density at radius 1 is 1.00 bits per heavy atom. The highest BCUT2D eigenvalue weighted by Gasteiger charge is 2.18. The summed E-state index contributed by atoms with van der Waals surface area (Å²) in [5.74, 6) is 0. The molecule has 0 spiro atoms. The van der Waals surface area contributed by atoms with Crippen LogP contribution in [0.15, 0.2) is 41.4 Å². The van der Waals surface area contributed by atoms with E-state index in [9.17, 15) is 8.42 Å². The topological polar surface area (TPSA) is 74.8 Å². The molecular formula is C16H17N3O2S. The van der Waals surface area contributed by atoms with E-state index in [2.05, 4.69) is 14.9 Å². The maximum atomic E-state index is 12.6. The van der Waals surface area contributed by atoms with Gasteiger partial charge in [0.25, 0.3) is 10.0 Å². The summed E-state index contributed by atoms with van der Waals surface area (Å²) in [7, 11) is -3.62. The van der Waals surface area contributed by atoms with Crippen molar-refractivity contribution in [1.29, 1.82) is 0 Å². The van der Waals surface area contributed by atoms with Crippen molar-refractivity contribution in [2.75, 3.05) is 4.72 Å².